The zero-order chi connectivity index (χ0) is 20.3. The summed E-state index contributed by atoms with van der Waals surface area (Å²) in [5.74, 6) is -0.709. The van der Waals surface area contributed by atoms with Gasteiger partial charge in [0.1, 0.15) is 5.60 Å². The molecule has 2 atom stereocenters. The first-order chi connectivity index (χ1) is 13.4. The Morgan fingerprint density at radius 1 is 1.11 bits per heavy atom. The third kappa shape index (κ3) is 3.51. The number of nitro benzene ring substituents is 1. The molecule has 0 heterocycles. The lowest BCUT2D eigenvalue weighted by Gasteiger charge is -2.35. The number of nitrogens with zero attached hydrogens (tertiary/aromatic N) is 1. The molecule has 0 aliphatic rings. The molecule has 3 aromatic carbocycles. The van der Waals surface area contributed by atoms with E-state index in [0.29, 0.717) is 0 Å². The molecule has 0 N–H and O–H groups in total. The van der Waals surface area contributed by atoms with Crippen LogP contribution in [0, 0.1) is 16.0 Å². The number of fused-ring (bicyclic) bond motifs is 1. The van der Waals surface area contributed by atoms with Crippen LogP contribution in [0.25, 0.3) is 10.8 Å². The van der Waals surface area contributed by atoms with Gasteiger partial charge < -0.3 is 4.74 Å². The maximum absolute atomic E-state index is 12.8. The summed E-state index contributed by atoms with van der Waals surface area (Å²) in [6.45, 7) is 7.68. The Morgan fingerprint density at radius 3 is 2.39 bits per heavy atom. The molecule has 2 unspecified atom stereocenters. The number of hydrogen-bond donors (Lipinski definition) is 0. The summed E-state index contributed by atoms with van der Waals surface area (Å²) >= 11 is 0. The van der Waals surface area contributed by atoms with Gasteiger partial charge >= 0.3 is 5.97 Å². The van der Waals surface area contributed by atoms with Gasteiger partial charge in [0, 0.05) is 23.6 Å². The number of carbonyl (C=O) groups is 1. The highest BCUT2D eigenvalue weighted by atomic mass is 16.6. The summed E-state index contributed by atoms with van der Waals surface area (Å²) in [4.78, 5) is 23.2. The number of hydrogen-bond acceptors (Lipinski definition) is 4. The first-order valence-electron chi connectivity index (χ1n) is 8.95. The normalized spacial score (nSPS) is 14.1. The average Bonchev–Trinajstić information content (AvgIpc) is 2.72. The SMILES string of the molecule is C=CC(C)C(C)(OC(=O)c1ccc([N+](=O)[O-])cc1)c1cccc2ccccc12. The van der Waals surface area contributed by atoms with E-state index in [0.717, 1.165) is 16.3 Å². The summed E-state index contributed by atoms with van der Waals surface area (Å²) in [6, 6.07) is 19.2. The van der Waals surface area contributed by atoms with Gasteiger partial charge in [-0.25, -0.2) is 4.79 Å². The van der Waals surface area contributed by atoms with E-state index in [1.165, 1.54) is 24.3 Å². The molecule has 0 aromatic heterocycles. The number of benzene rings is 3. The molecule has 0 fully saturated rings. The maximum Gasteiger partial charge on any atom is 0.339 e. The van der Waals surface area contributed by atoms with E-state index >= 15 is 0 Å². The molecule has 0 radical (unpaired) electrons. The van der Waals surface area contributed by atoms with E-state index in [-0.39, 0.29) is 17.2 Å². The van der Waals surface area contributed by atoms with Crippen LogP contribution >= 0.6 is 0 Å². The molecule has 0 aliphatic carbocycles. The minimum Gasteiger partial charge on any atom is -0.450 e. The fraction of sp³-hybridized carbons (Fsp3) is 0.174. The van der Waals surface area contributed by atoms with Crippen molar-refractivity contribution in [2.75, 3.05) is 0 Å². The van der Waals surface area contributed by atoms with E-state index in [9.17, 15) is 14.9 Å². The minimum atomic E-state index is -0.957. The number of ether oxygens (including phenoxy) is 1. The smallest absolute Gasteiger partial charge is 0.339 e. The van der Waals surface area contributed by atoms with E-state index in [4.69, 9.17) is 4.74 Å². The Kier molecular flexibility index (Phi) is 5.27. The summed E-state index contributed by atoms with van der Waals surface area (Å²) in [5.41, 5.74) is 0.107. The summed E-state index contributed by atoms with van der Waals surface area (Å²) in [7, 11) is 0. The van der Waals surface area contributed by atoms with Gasteiger partial charge in [-0.1, -0.05) is 55.5 Å². The van der Waals surface area contributed by atoms with Crippen molar-refractivity contribution in [1.29, 1.82) is 0 Å². The molecule has 0 bridgehead atoms. The topological polar surface area (TPSA) is 69.4 Å². The van der Waals surface area contributed by atoms with Gasteiger partial charge in [0.2, 0.25) is 0 Å². The number of rotatable bonds is 6. The van der Waals surface area contributed by atoms with Crippen LogP contribution in [0.1, 0.15) is 29.8 Å². The Bertz CT molecular complexity index is 1040. The molecule has 0 saturated heterocycles. The number of carbonyl (C=O) groups excluding carboxylic acids is 1. The van der Waals surface area contributed by atoms with E-state index in [1.807, 2.05) is 56.3 Å². The quantitative estimate of drug-likeness (QED) is 0.242. The van der Waals surface area contributed by atoms with Crippen molar-refractivity contribution in [1.82, 2.24) is 0 Å². The van der Waals surface area contributed by atoms with Gasteiger partial charge in [0.25, 0.3) is 5.69 Å². The van der Waals surface area contributed by atoms with Crippen molar-refractivity contribution >= 4 is 22.4 Å². The van der Waals surface area contributed by atoms with Crippen LogP contribution in [0.5, 0.6) is 0 Å². The van der Waals surface area contributed by atoms with Gasteiger partial charge in [-0.2, -0.15) is 0 Å². The van der Waals surface area contributed by atoms with Crippen molar-refractivity contribution in [2.45, 2.75) is 19.4 Å². The zero-order valence-electron chi connectivity index (χ0n) is 15.8. The van der Waals surface area contributed by atoms with Gasteiger partial charge in [0.05, 0.1) is 10.5 Å². The lowest BCUT2D eigenvalue weighted by molar-refractivity contribution is -0.384. The number of non-ortho nitro benzene ring substituents is 1. The van der Waals surface area contributed by atoms with Crippen LogP contribution in [0.15, 0.2) is 79.4 Å². The molecule has 3 rings (SSSR count). The van der Waals surface area contributed by atoms with Gasteiger partial charge in [-0.05, 0) is 29.8 Å². The molecule has 0 amide bonds. The standard InChI is InChI=1S/C23H21NO4/c1-4-16(2)23(3,21-11-7-9-17-8-5-6-10-20(17)21)28-22(25)18-12-14-19(15-13-18)24(26)27/h4-16H,1H2,2-3H3. The molecule has 0 spiro atoms. The fourth-order valence-electron chi connectivity index (χ4n) is 3.25. The predicted molar refractivity (Wildman–Crippen MR) is 109 cm³/mol. The number of nitro groups is 1. The third-order valence-electron chi connectivity index (χ3n) is 5.17. The largest absolute Gasteiger partial charge is 0.450 e. The molecule has 0 aliphatic heterocycles. The van der Waals surface area contributed by atoms with Gasteiger partial charge in [-0.3, -0.25) is 10.1 Å². The Morgan fingerprint density at radius 2 is 1.75 bits per heavy atom. The van der Waals surface area contributed by atoms with Crippen LogP contribution in [0.3, 0.4) is 0 Å². The summed E-state index contributed by atoms with van der Waals surface area (Å²) in [5, 5.41) is 12.9. The Hall–Kier alpha value is -3.47. The first-order valence-corrected chi connectivity index (χ1v) is 8.95. The van der Waals surface area contributed by atoms with Crippen LogP contribution in [0.4, 0.5) is 5.69 Å². The lowest BCUT2D eigenvalue weighted by Crippen LogP contribution is -2.35. The third-order valence-corrected chi connectivity index (χ3v) is 5.17. The van der Waals surface area contributed by atoms with Crippen LogP contribution in [-0.4, -0.2) is 10.9 Å². The van der Waals surface area contributed by atoms with Crippen LogP contribution < -0.4 is 0 Å². The van der Waals surface area contributed by atoms with Crippen molar-refractivity contribution < 1.29 is 14.5 Å². The van der Waals surface area contributed by atoms with Gasteiger partial charge in [-0.15, -0.1) is 6.58 Å². The van der Waals surface area contributed by atoms with Crippen molar-refractivity contribution in [2.24, 2.45) is 5.92 Å². The second-order valence-electron chi connectivity index (χ2n) is 6.85. The second-order valence-corrected chi connectivity index (χ2v) is 6.85. The highest BCUT2D eigenvalue weighted by Crippen LogP contribution is 2.39. The average molecular weight is 375 g/mol. The first kappa shape index (κ1) is 19.3. The molecule has 5 nitrogen and oxygen atoms in total. The summed E-state index contributed by atoms with van der Waals surface area (Å²) in [6.07, 6.45) is 1.75. The van der Waals surface area contributed by atoms with E-state index in [2.05, 4.69) is 6.58 Å². The van der Waals surface area contributed by atoms with Crippen molar-refractivity contribution in [3.8, 4) is 0 Å². The van der Waals surface area contributed by atoms with E-state index in [1.54, 1.807) is 6.08 Å². The molecule has 5 heteroatoms. The van der Waals surface area contributed by atoms with Crippen LogP contribution in [0.2, 0.25) is 0 Å². The molecule has 28 heavy (non-hydrogen) atoms. The molecule has 142 valence electrons. The second kappa shape index (κ2) is 7.64. The molecule has 3 aromatic rings. The molecule has 0 saturated carbocycles. The zero-order valence-corrected chi connectivity index (χ0v) is 15.8. The molecular formula is C23H21NO4. The fourth-order valence-corrected chi connectivity index (χ4v) is 3.25. The van der Waals surface area contributed by atoms with Crippen molar-refractivity contribution in [3.05, 3.63) is 101 Å². The predicted octanol–water partition coefficient (Wildman–Crippen LogP) is 5.64. The van der Waals surface area contributed by atoms with Crippen molar-refractivity contribution in [3.63, 3.8) is 0 Å². The maximum atomic E-state index is 12.8. The highest BCUT2D eigenvalue weighted by Gasteiger charge is 2.37. The Balaban J connectivity index is 2.03. The number of esters is 1. The lowest BCUT2D eigenvalue weighted by atomic mass is 9.81. The van der Waals surface area contributed by atoms with Crippen LogP contribution in [-0.2, 0) is 10.3 Å². The minimum absolute atomic E-state index is 0.0761. The highest BCUT2D eigenvalue weighted by molar-refractivity contribution is 5.91. The van der Waals surface area contributed by atoms with E-state index < -0.39 is 16.5 Å². The monoisotopic (exact) mass is 375 g/mol. The summed E-state index contributed by atoms with van der Waals surface area (Å²) < 4.78 is 5.99. The molecular weight excluding hydrogens is 354 g/mol. The van der Waals surface area contributed by atoms with Gasteiger partial charge in [0.15, 0.2) is 0 Å². The Labute approximate surface area is 163 Å².